The van der Waals surface area contributed by atoms with Gasteiger partial charge in [-0.1, -0.05) is 26.7 Å². The highest BCUT2D eigenvalue weighted by molar-refractivity contribution is 5.76. The van der Waals surface area contributed by atoms with Gasteiger partial charge < -0.3 is 11.1 Å². The molecule has 0 aromatic carbocycles. The Hall–Kier alpha value is -0.570. The predicted octanol–water partition coefficient (Wildman–Crippen LogP) is 2.45. The van der Waals surface area contributed by atoms with E-state index < -0.39 is 0 Å². The van der Waals surface area contributed by atoms with Gasteiger partial charge in [0, 0.05) is 12.5 Å². The molecule has 1 amide bonds. The van der Waals surface area contributed by atoms with Crippen LogP contribution in [0.15, 0.2) is 0 Å². The summed E-state index contributed by atoms with van der Waals surface area (Å²) < 4.78 is 0. The van der Waals surface area contributed by atoms with E-state index in [4.69, 9.17) is 5.73 Å². The van der Waals surface area contributed by atoms with Gasteiger partial charge in [-0.25, -0.2) is 0 Å². The monoisotopic (exact) mass is 240 g/mol. The average Bonchev–Trinajstić information content (AvgIpc) is 2.27. The zero-order valence-corrected chi connectivity index (χ0v) is 11.4. The molecule has 0 spiro atoms. The molecule has 0 saturated heterocycles. The van der Waals surface area contributed by atoms with E-state index in [1.165, 1.54) is 12.8 Å². The van der Waals surface area contributed by atoms with Crippen molar-refractivity contribution in [1.29, 1.82) is 0 Å². The molecule has 0 radical (unpaired) electrons. The maximum atomic E-state index is 11.8. The van der Waals surface area contributed by atoms with E-state index in [1.54, 1.807) is 0 Å². The fraction of sp³-hybridized carbons (Fsp3) is 0.929. The number of nitrogens with two attached hydrogens (primary N) is 1. The molecule has 100 valence electrons. The van der Waals surface area contributed by atoms with Crippen LogP contribution in [0, 0.1) is 11.8 Å². The Balaban J connectivity index is 2.15. The Kier molecular flexibility index (Phi) is 6.56. The smallest absolute Gasteiger partial charge is 0.220 e. The van der Waals surface area contributed by atoms with Crippen LogP contribution in [0.2, 0.25) is 0 Å². The van der Waals surface area contributed by atoms with E-state index in [0.717, 1.165) is 38.1 Å². The van der Waals surface area contributed by atoms with Crippen LogP contribution >= 0.6 is 0 Å². The third kappa shape index (κ3) is 6.06. The molecule has 1 fully saturated rings. The van der Waals surface area contributed by atoms with Crippen molar-refractivity contribution in [1.82, 2.24) is 5.32 Å². The van der Waals surface area contributed by atoms with E-state index in [9.17, 15) is 4.79 Å². The number of amides is 1. The minimum absolute atomic E-state index is 0.230. The second kappa shape index (κ2) is 7.70. The molecule has 0 aromatic heterocycles. The maximum absolute atomic E-state index is 11.8. The van der Waals surface area contributed by atoms with Crippen molar-refractivity contribution in [2.45, 2.75) is 64.8 Å². The largest absolute Gasteiger partial charge is 0.353 e. The Morgan fingerprint density at radius 3 is 2.82 bits per heavy atom. The van der Waals surface area contributed by atoms with Gasteiger partial charge in [0.1, 0.15) is 0 Å². The van der Waals surface area contributed by atoms with E-state index in [-0.39, 0.29) is 5.91 Å². The molecule has 3 nitrogen and oxygen atoms in total. The minimum atomic E-state index is 0.230. The van der Waals surface area contributed by atoms with Crippen molar-refractivity contribution in [2.24, 2.45) is 17.6 Å². The number of carbonyl (C=O) groups is 1. The van der Waals surface area contributed by atoms with E-state index in [0.29, 0.717) is 18.4 Å². The highest BCUT2D eigenvalue weighted by atomic mass is 16.1. The highest BCUT2D eigenvalue weighted by Crippen LogP contribution is 2.23. The van der Waals surface area contributed by atoms with Gasteiger partial charge in [0.15, 0.2) is 0 Å². The van der Waals surface area contributed by atoms with Gasteiger partial charge >= 0.3 is 0 Å². The number of nitrogens with one attached hydrogen (secondary N) is 1. The van der Waals surface area contributed by atoms with Gasteiger partial charge in [-0.15, -0.1) is 0 Å². The fourth-order valence-corrected chi connectivity index (χ4v) is 2.67. The summed E-state index contributed by atoms with van der Waals surface area (Å²) in [6.07, 6.45) is 7.54. The first-order valence-corrected chi connectivity index (χ1v) is 7.11. The first-order valence-electron chi connectivity index (χ1n) is 7.11. The average molecular weight is 240 g/mol. The van der Waals surface area contributed by atoms with Crippen LogP contribution in [-0.4, -0.2) is 18.5 Å². The lowest BCUT2D eigenvalue weighted by Gasteiger charge is -2.27. The standard InChI is InChI=1S/C14H28N2O/c1-11(8-9-15)6-7-14(17)16-13-5-3-4-12(2)10-13/h11-13H,3-10,15H2,1-2H3,(H,16,17). The van der Waals surface area contributed by atoms with Crippen molar-refractivity contribution < 1.29 is 4.79 Å². The molecule has 1 saturated carbocycles. The quantitative estimate of drug-likeness (QED) is 0.749. The molecule has 0 aliphatic heterocycles. The summed E-state index contributed by atoms with van der Waals surface area (Å²) in [5.41, 5.74) is 5.50. The SMILES string of the molecule is CC(CCN)CCC(=O)NC1CCCC(C)C1. The number of hydrogen-bond acceptors (Lipinski definition) is 2. The predicted molar refractivity (Wildman–Crippen MR) is 71.6 cm³/mol. The summed E-state index contributed by atoms with van der Waals surface area (Å²) in [6, 6.07) is 0.427. The number of carbonyl (C=O) groups excluding carboxylic acids is 1. The molecule has 1 rings (SSSR count). The van der Waals surface area contributed by atoms with Crippen molar-refractivity contribution in [3.63, 3.8) is 0 Å². The Labute approximate surface area is 106 Å². The summed E-state index contributed by atoms with van der Waals surface area (Å²) in [7, 11) is 0. The summed E-state index contributed by atoms with van der Waals surface area (Å²) >= 11 is 0. The fourth-order valence-electron chi connectivity index (χ4n) is 2.67. The third-order valence-corrected chi connectivity index (χ3v) is 3.83. The van der Waals surface area contributed by atoms with Crippen LogP contribution in [0.5, 0.6) is 0 Å². The first kappa shape index (κ1) is 14.5. The van der Waals surface area contributed by atoms with Crippen molar-refractivity contribution >= 4 is 5.91 Å². The summed E-state index contributed by atoms with van der Waals surface area (Å²) in [5.74, 6) is 1.56. The second-order valence-electron chi connectivity index (χ2n) is 5.76. The second-order valence-corrected chi connectivity index (χ2v) is 5.76. The Morgan fingerprint density at radius 1 is 1.41 bits per heavy atom. The minimum Gasteiger partial charge on any atom is -0.353 e. The molecule has 1 aliphatic carbocycles. The van der Waals surface area contributed by atoms with Gasteiger partial charge in [0.25, 0.3) is 0 Å². The molecule has 0 bridgehead atoms. The van der Waals surface area contributed by atoms with Crippen LogP contribution in [0.25, 0.3) is 0 Å². The molecule has 0 aromatic rings. The normalized spacial score (nSPS) is 26.5. The van der Waals surface area contributed by atoms with Gasteiger partial charge in [-0.05, 0) is 44.1 Å². The molecule has 3 unspecified atom stereocenters. The van der Waals surface area contributed by atoms with Crippen LogP contribution < -0.4 is 11.1 Å². The summed E-state index contributed by atoms with van der Waals surface area (Å²) in [4.78, 5) is 11.8. The van der Waals surface area contributed by atoms with Crippen LogP contribution in [0.4, 0.5) is 0 Å². The van der Waals surface area contributed by atoms with Crippen LogP contribution in [-0.2, 0) is 4.79 Å². The molecular formula is C14H28N2O. The van der Waals surface area contributed by atoms with E-state index in [1.807, 2.05) is 0 Å². The lowest BCUT2D eigenvalue weighted by molar-refractivity contribution is -0.122. The van der Waals surface area contributed by atoms with Crippen LogP contribution in [0.1, 0.15) is 58.8 Å². The van der Waals surface area contributed by atoms with Crippen LogP contribution in [0.3, 0.4) is 0 Å². The van der Waals surface area contributed by atoms with Crippen molar-refractivity contribution in [3.8, 4) is 0 Å². The van der Waals surface area contributed by atoms with Gasteiger partial charge in [0.05, 0.1) is 0 Å². The lowest BCUT2D eigenvalue weighted by atomic mass is 9.87. The molecule has 3 N–H and O–H groups in total. The lowest BCUT2D eigenvalue weighted by Crippen LogP contribution is -2.38. The van der Waals surface area contributed by atoms with Gasteiger partial charge in [-0.2, -0.15) is 0 Å². The maximum Gasteiger partial charge on any atom is 0.220 e. The highest BCUT2D eigenvalue weighted by Gasteiger charge is 2.20. The van der Waals surface area contributed by atoms with E-state index >= 15 is 0 Å². The zero-order chi connectivity index (χ0) is 12.7. The van der Waals surface area contributed by atoms with Gasteiger partial charge in [0.2, 0.25) is 5.91 Å². The molecule has 1 aliphatic rings. The molecule has 3 atom stereocenters. The van der Waals surface area contributed by atoms with Crippen molar-refractivity contribution in [2.75, 3.05) is 6.54 Å². The molecule has 3 heteroatoms. The van der Waals surface area contributed by atoms with E-state index in [2.05, 4.69) is 19.2 Å². The van der Waals surface area contributed by atoms with Crippen molar-refractivity contribution in [3.05, 3.63) is 0 Å². The summed E-state index contributed by atoms with van der Waals surface area (Å²) in [5, 5.41) is 3.18. The molecule has 0 heterocycles. The third-order valence-electron chi connectivity index (χ3n) is 3.83. The number of hydrogen-bond donors (Lipinski definition) is 2. The number of rotatable bonds is 6. The first-order chi connectivity index (χ1) is 8.11. The molecular weight excluding hydrogens is 212 g/mol. The Bertz CT molecular complexity index is 230. The Morgan fingerprint density at radius 2 is 2.18 bits per heavy atom. The zero-order valence-electron chi connectivity index (χ0n) is 11.4. The topological polar surface area (TPSA) is 55.1 Å². The summed E-state index contributed by atoms with van der Waals surface area (Å²) in [6.45, 7) is 5.17. The van der Waals surface area contributed by atoms with Gasteiger partial charge in [-0.3, -0.25) is 4.79 Å². The molecule has 17 heavy (non-hydrogen) atoms.